The van der Waals surface area contributed by atoms with Gasteiger partial charge in [0.15, 0.2) is 0 Å². The molecule has 0 aliphatic carbocycles. The molecule has 0 aromatic rings. The minimum atomic E-state index is 1.01. The molecule has 0 saturated heterocycles. The van der Waals surface area contributed by atoms with E-state index in [2.05, 4.69) is 11.5 Å². The van der Waals surface area contributed by atoms with Gasteiger partial charge in [-0.15, -0.1) is 0 Å². The Kier molecular flexibility index (Phi) is 5.88. The largest absolute Gasteiger partial charge is 0.474 e. The predicted molar refractivity (Wildman–Crippen MR) is 43.6 cm³/mol. The van der Waals surface area contributed by atoms with E-state index in [-0.39, 0.29) is 0 Å². The molecular weight excluding hydrogens is 126 g/mol. The minimum Gasteiger partial charge on any atom is -0.474 e. The Morgan fingerprint density at radius 1 is 1.50 bits per heavy atom. The van der Waals surface area contributed by atoms with Crippen LogP contribution in [-0.2, 0) is 4.74 Å². The average Bonchev–Trinajstić information content (AvgIpc) is 1.87. The van der Waals surface area contributed by atoms with Gasteiger partial charge in [0.2, 0.25) is 0 Å². The summed E-state index contributed by atoms with van der Waals surface area (Å²) in [5.74, 6) is 0. The molecule has 0 amide bonds. The predicted octanol–water partition coefficient (Wildman–Crippen LogP) is 1.61. The highest BCUT2D eigenvalue weighted by atomic mass is 16.5. The molecule has 0 rings (SSSR count). The number of nitrogens with zero attached hydrogens (tertiary/aromatic N) is 1. The lowest BCUT2D eigenvalue weighted by Crippen LogP contribution is -2.11. The molecule has 0 aromatic heterocycles. The SMILES string of the molecule is C=COC=CCCN(C)C. The van der Waals surface area contributed by atoms with Crippen LogP contribution in [0.1, 0.15) is 6.42 Å². The van der Waals surface area contributed by atoms with Crippen molar-refractivity contribution in [2.45, 2.75) is 6.42 Å². The maximum atomic E-state index is 4.78. The summed E-state index contributed by atoms with van der Waals surface area (Å²) in [7, 11) is 4.09. The van der Waals surface area contributed by atoms with Crippen molar-refractivity contribution in [1.29, 1.82) is 0 Å². The van der Waals surface area contributed by atoms with Crippen LogP contribution in [0.25, 0.3) is 0 Å². The normalized spacial score (nSPS) is 10.7. The first-order valence-corrected chi connectivity index (χ1v) is 3.33. The van der Waals surface area contributed by atoms with Crippen LogP contribution in [-0.4, -0.2) is 25.5 Å². The topological polar surface area (TPSA) is 12.5 Å². The number of hydrogen-bond acceptors (Lipinski definition) is 2. The van der Waals surface area contributed by atoms with Gasteiger partial charge in [0.25, 0.3) is 0 Å². The smallest absolute Gasteiger partial charge is 0.0861 e. The lowest BCUT2D eigenvalue weighted by molar-refractivity contribution is 0.393. The third-order valence-electron chi connectivity index (χ3n) is 1.01. The van der Waals surface area contributed by atoms with Gasteiger partial charge in [-0.3, -0.25) is 0 Å². The molecule has 0 saturated carbocycles. The molecule has 0 spiro atoms. The molecular formula is C8H15NO. The molecule has 2 nitrogen and oxygen atoms in total. The van der Waals surface area contributed by atoms with E-state index in [1.54, 1.807) is 6.26 Å². The Bertz CT molecular complexity index is 108. The first-order chi connectivity index (χ1) is 4.77. The first kappa shape index (κ1) is 9.24. The summed E-state index contributed by atoms with van der Waals surface area (Å²) < 4.78 is 4.78. The zero-order valence-electron chi connectivity index (χ0n) is 6.71. The fraction of sp³-hybridized carbons (Fsp3) is 0.500. The van der Waals surface area contributed by atoms with Gasteiger partial charge >= 0.3 is 0 Å². The number of ether oxygens (including phenoxy) is 1. The van der Waals surface area contributed by atoms with Gasteiger partial charge < -0.3 is 9.64 Å². The van der Waals surface area contributed by atoms with Crippen molar-refractivity contribution in [2.75, 3.05) is 20.6 Å². The molecule has 0 fully saturated rings. The van der Waals surface area contributed by atoms with E-state index in [0.29, 0.717) is 0 Å². The van der Waals surface area contributed by atoms with E-state index >= 15 is 0 Å². The van der Waals surface area contributed by atoms with E-state index in [9.17, 15) is 0 Å². The van der Waals surface area contributed by atoms with Gasteiger partial charge in [-0.25, -0.2) is 0 Å². The average molecular weight is 141 g/mol. The molecule has 0 bridgehead atoms. The monoisotopic (exact) mass is 141 g/mol. The van der Waals surface area contributed by atoms with Crippen molar-refractivity contribution in [1.82, 2.24) is 4.90 Å². The molecule has 0 aliphatic rings. The summed E-state index contributed by atoms with van der Waals surface area (Å²) in [5.41, 5.74) is 0. The zero-order valence-corrected chi connectivity index (χ0v) is 6.71. The van der Waals surface area contributed by atoms with E-state index in [1.807, 2.05) is 20.2 Å². The highest BCUT2D eigenvalue weighted by Gasteiger charge is 1.83. The van der Waals surface area contributed by atoms with E-state index in [0.717, 1.165) is 13.0 Å². The van der Waals surface area contributed by atoms with E-state index in [1.165, 1.54) is 6.26 Å². The van der Waals surface area contributed by atoms with Crippen LogP contribution >= 0.6 is 0 Å². The quantitative estimate of drug-likeness (QED) is 0.539. The maximum absolute atomic E-state index is 4.78. The second kappa shape index (κ2) is 6.36. The first-order valence-electron chi connectivity index (χ1n) is 3.33. The van der Waals surface area contributed by atoms with Gasteiger partial charge in [0, 0.05) is 6.54 Å². The van der Waals surface area contributed by atoms with Crippen LogP contribution in [0.15, 0.2) is 25.2 Å². The van der Waals surface area contributed by atoms with Gasteiger partial charge in [-0.05, 0) is 26.6 Å². The third-order valence-corrected chi connectivity index (χ3v) is 1.01. The van der Waals surface area contributed by atoms with Crippen molar-refractivity contribution in [3.8, 4) is 0 Å². The van der Waals surface area contributed by atoms with Crippen molar-refractivity contribution in [2.24, 2.45) is 0 Å². The molecule has 0 aromatic carbocycles. The Labute approximate surface area is 62.8 Å². The van der Waals surface area contributed by atoms with Crippen LogP contribution < -0.4 is 0 Å². The molecule has 58 valence electrons. The second-order valence-electron chi connectivity index (χ2n) is 2.27. The Morgan fingerprint density at radius 3 is 2.70 bits per heavy atom. The molecule has 0 aliphatic heterocycles. The van der Waals surface area contributed by atoms with E-state index < -0.39 is 0 Å². The second-order valence-corrected chi connectivity index (χ2v) is 2.27. The summed E-state index contributed by atoms with van der Waals surface area (Å²) in [4.78, 5) is 2.12. The fourth-order valence-electron chi connectivity index (χ4n) is 0.512. The number of rotatable bonds is 5. The summed E-state index contributed by atoms with van der Waals surface area (Å²) >= 11 is 0. The summed E-state index contributed by atoms with van der Waals surface area (Å²) in [5, 5.41) is 0. The van der Waals surface area contributed by atoms with Crippen molar-refractivity contribution in [3.05, 3.63) is 25.2 Å². The Morgan fingerprint density at radius 2 is 2.20 bits per heavy atom. The lowest BCUT2D eigenvalue weighted by atomic mass is 10.4. The Hall–Kier alpha value is -0.760. The fourth-order valence-corrected chi connectivity index (χ4v) is 0.512. The highest BCUT2D eigenvalue weighted by molar-refractivity contribution is 4.76. The molecule has 0 N–H and O–H groups in total. The Balaban J connectivity index is 3.09. The van der Waals surface area contributed by atoms with Gasteiger partial charge in [-0.1, -0.05) is 6.58 Å². The molecule has 10 heavy (non-hydrogen) atoms. The van der Waals surface area contributed by atoms with Gasteiger partial charge in [0.1, 0.15) is 0 Å². The molecule has 0 unspecified atom stereocenters. The van der Waals surface area contributed by atoms with Crippen LogP contribution in [0.5, 0.6) is 0 Å². The van der Waals surface area contributed by atoms with Crippen LogP contribution in [0, 0.1) is 0 Å². The van der Waals surface area contributed by atoms with Gasteiger partial charge in [-0.2, -0.15) is 0 Å². The van der Waals surface area contributed by atoms with Crippen LogP contribution in [0.3, 0.4) is 0 Å². The standard InChI is InChI=1S/C8H15NO/c1-4-10-8-6-5-7-9(2)3/h4,6,8H,1,5,7H2,2-3H3. The lowest BCUT2D eigenvalue weighted by Gasteiger charge is -2.05. The highest BCUT2D eigenvalue weighted by Crippen LogP contribution is 1.86. The van der Waals surface area contributed by atoms with Crippen molar-refractivity contribution >= 4 is 0 Å². The maximum Gasteiger partial charge on any atom is 0.0861 e. The van der Waals surface area contributed by atoms with Crippen molar-refractivity contribution in [3.63, 3.8) is 0 Å². The summed E-state index contributed by atoms with van der Waals surface area (Å²) in [6.45, 7) is 4.46. The van der Waals surface area contributed by atoms with Crippen molar-refractivity contribution < 1.29 is 4.74 Å². The van der Waals surface area contributed by atoms with Crippen LogP contribution in [0.2, 0.25) is 0 Å². The number of hydrogen-bond donors (Lipinski definition) is 0. The van der Waals surface area contributed by atoms with Gasteiger partial charge in [0.05, 0.1) is 12.5 Å². The summed E-state index contributed by atoms with van der Waals surface area (Å²) in [6.07, 6.45) is 6.05. The van der Waals surface area contributed by atoms with Crippen LogP contribution in [0.4, 0.5) is 0 Å². The molecule has 2 heteroatoms. The summed E-state index contributed by atoms with van der Waals surface area (Å²) in [6, 6.07) is 0. The molecule has 0 atom stereocenters. The molecule has 0 radical (unpaired) electrons. The minimum absolute atomic E-state index is 1.01. The molecule has 0 heterocycles. The zero-order chi connectivity index (χ0) is 7.82. The van der Waals surface area contributed by atoms with E-state index in [4.69, 9.17) is 4.74 Å². The third kappa shape index (κ3) is 7.24.